The van der Waals surface area contributed by atoms with Gasteiger partial charge in [-0.15, -0.1) is 35.1 Å². The van der Waals surface area contributed by atoms with E-state index < -0.39 is 0 Å². The Bertz CT molecular complexity index is 334. The number of azo groups is 1. The summed E-state index contributed by atoms with van der Waals surface area (Å²) in [5, 5.41) is 6.72. The number of hydrogen-bond donors (Lipinski definition) is 0. The van der Waals surface area contributed by atoms with Gasteiger partial charge in [-0.25, -0.2) is 0 Å². The number of halogens is 2. The predicted octanol–water partition coefficient (Wildman–Crippen LogP) is 6.52. The first-order chi connectivity index (χ1) is 10.2. The van der Waals surface area contributed by atoms with Crippen LogP contribution >= 0.6 is 63.3 Å². The zero-order valence-electron chi connectivity index (χ0n) is 13.2. The lowest BCUT2D eigenvalue weighted by Crippen LogP contribution is -1.84. The molecule has 0 spiro atoms. The predicted molar refractivity (Wildman–Crippen MR) is 112 cm³/mol. The first-order valence-corrected chi connectivity index (χ1v) is 10.7. The number of alkyl halides is 2. The van der Waals surface area contributed by atoms with Crippen LogP contribution in [0.15, 0.2) is 40.6 Å². The minimum atomic E-state index is 0.993. The van der Waals surface area contributed by atoms with E-state index in [0.717, 1.165) is 15.0 Å². The summed E-state index contributed by atoms with van der Waals surface area (Å²) in [5.74, 6) is 3.88. The van der Waals surface area contributed by atoms with Crippen molar-refractivity contribution in [2.75, 3.05) is 32.1 Å². The summed E-state index contributed by atoms with van der Waals surface area (Å²) < 4.78 is 1.05. The highest BCUT2D eigenvalue weighted by atomic mass is 79.9. The lowest BCUT2D eigenvalue weighted by molar-refractivity contribution is 1.11. The summed E-state index contributed by atoms with van der Waals surface area (Å²) >= 11 is 16.2. The van der Waals surface area contributed by atoms with E-state index in [-0.39, 0.29) is 0 Å². The second-order valence-corrected chi connectivity index (χ2v) is 6.30. The Labute approximate surface area is 157 Å². The Hall–Kier alpha value is 0.380. The molecular formula is C14H24BrClN2S3. The molecule has 0 N–H and O–H groups in total. The van der Waals surface area contributed by atoms with Gasteiger partial charge < -0.3 is 0 Å². The lowest BCUT2D eigenvalue weighted by atomic mass is 10.2. The first kappa shape index (κ1) is 26.3. The van der Waals surface area contributed by atoms with Crippen molar-refractivity contribution in [2.24, 2.45) is 10.2 Å². The highest BCUT2D eigenvalue weighted by Gasteiger charge is 1.97. The van der Waals surface area contributed by atoms with E-state index in [2.05, 4.69) is 68.9 Å². The van der Waals surface area contributed by atoms with Crippen LogP contribution < -0.4 is 0 Å². The lowest BCUT2D eigenvalue weighted by Gasteiger charge is -2.01. The molecule has 1 aromatic rings. The maximum Gasteiger partial charge on any atom is 0.104 e. The van der Waals surface area contributed by atoms with Crippen LogP contribution in [0.5, 0.6) is 0 Å². The van der Waals surface area contributed by atoms with Crippen molar-refractivity contribution >= 4 is 66.8 Å². The second-order valence-electron chi connectivity index (χ2n) is 2.86. The molecule has 0 aliphatic carbocycles. The first-order valence-electron chi connectivity index (χ1n) is 6.01. The molecule has 2 nitrogen and oxygen atoms in total. The van der Waals surface area contributed by atoms with Crippen LogP contribution in [0.2, 0.25) is 0 Å². The van der Waals surface area contributed by atoms with E-state index in [9.17, 15) is 0 Å². The minimum absolute atomic E-state index is 0.993. The number of nitrogens with zero attached hydrogens (tertiary/aromatic N) is 2. The molecule has 0 aromatic heterocycles. The van der Waals surface area contributed by atoms with Gasteiger partial charge in [0, 0.05) is 26.2 Å². The Balaban J connectivity index is -0.000000343. The van der Waals surface area contributed by atoms with E-state index in [0.29, 0.717) is 0 Å². The van der Waals surface area contributed by atoms with Crippen molar-refractivity contribution in [3.8, 4) is 0 Å². The van der Waals surface area contributed by atoms with Crippen LogP contribution in [0.1, 0.15) is 12.5 Å². The zero-order chi connectivity index (χ0) is 16.9. The Morgan fingerprint density at radius 2 is 1.57 bits per heavy atom. The monoisotopic (exact) mass is 430 g/mol. The molecule has 7 heteroatoms. The topological polar surface area (TPSA) is 24.7 Å². The van der Waals surface area contributed by atoms with Crippen molar-refractivity contribution in [3.05, 3.63) is 35.9 Å². The summed E-state index contributed by atoms with van der Waals surface area (Å²) in [6.07, 6.45) is 1.47. The van der Waals surface area contributed by atoms with Crippen molar-refractivity contribution in [1.29, 1.82) is 0 Å². The molecule has 0 heterocycles. The molecule has 0 aliphatic rings. The van der Waals surface area contributed by atoms with Crippen LogP contribution in [0.4, 0.5) is 0 Å². The van der Waals surface area contributed by atoms with Gasteiger partial charge in [0.25, 0.3) is 0 Å². The Morgan fingerprint density at radius 3 is 1.95 bits per heavy atom. The highest BCUT2D eigenvalue weighted by molar-refractivity contribution is 9.08. The quantitative estimate of drug-likeness (QED) is 0.309. The molecule has 0 amide bonds. The fourth-order valence-electron chi connectivity index (χ4n) is 0.876. The molecule has 1 rings (SSSR count). The van der Waals surface area contributed by atoms with Gasteiger partial charge in [-0.3, -0.25) is 0 Å². The molecule has 0 atom stereocenters. The van der Waals surface area contributed by atoms with Gasteiger partial charge in [0.2, 0.25) is 0 Å². The number of rotatable bonds is 3. The van der Waals surface area contributed by atoms with Crippen LogP contribution in [-0.4, -0.2) is 35.6 Å². The minimum Gasteiger partial charge on any atom is -0.198 e. The van der Waals surface area contributed by atoms with Crippen molar-refractivity contribution < 1.29 is 0 Å². The van der Waals surface area contributed by atoms with Gasteiger partial charge in [-0.05, 0) is 17.1 Å². The van der Waals surface area contributed by atoms with E-state index in [1.807, 2.05) is 11.9 Å². The zero-order valence-corrected chi connectivity index (χ0v) is 18.0. The van der Waals surface area contributed by atoms with E-state index in [1.54, 1.807) is 37.6 Å². The number of hydrogen-bond acceptors (Lipinski definition) is 5. The molecule has 21 heavy (non-hydrogen) atoms. The molecule has 0 bridgehead atoms. The molecule has 1 aromatic carbocycles. The van der Waals surface area contributed by atoms with Crippen molar-refractivity contribution in [2.45, 2.75) is 12.7 Å². The standard InChI is InChI=1S/C10H12S3.C2H6N2.CH3Br.CH3Cl/c1-2-12-10(11)13-8-9-6-4-3-5-7-9;1-3-4-2;2*1-2/h3-7H,2,8H2,1H3;1-2H3;2*1H3. The fourth-order valence-corrected chi connectivity index (χ4v) is 2.98. The van der Waals surface area contributed by atoms with Crippen LogP contribution in [0, 0.1) is 0 Å². The van der Waals surface area contributed by atoms with Crippen LogP contribution in [-0.2, 0) is 5.75 Å². The number of thioether (sulfide) groups is 2. The third-order valence-corrected chi connectivity index (χ3v) is 4.31. The fraction of sp³-hybridized carbons (Fsp3) is 0.500. The summed E-state index contributed by atoms with van der Waals surface area (Å²) in [6, 6.07) is 10.4. The maximum atomic E-state index is 5.18. The molecule has 0 fully saturated rings. The SMILES string of the molecule is CBr.CCSC(=S)SCc1ccccc1.CCl.CN=NC. The third-order valence-electron chi connectivity index (χ3n) is 1.66. The Kier molecular flexibility index (Phi) is 31.7. The molecule has 0 saturated carbocycles. The van der Waals surface area contributed by atoms with Gasteiger partial charge >= 0.3 is 0 Å². The summed E-state index contributed by atoms with van der Waals surface area (Å²) in [6.45, 7) is 2.13. The number of benzene rings is 1. The average Bonchev–Trinajstić information content (AvgIpc) is 2.58. The maximum absolute atomic E-state index is 5.18. The highest BCUT2D eigenvalue weighted by Crippen LogP contribution is 2.20. The molecule has 0 radical (unpaired) electrons. The van der Waals surface area contributed by atoms with Crippen LogP contribution in [0.25, 0.3) is 0 Å². The van der Waals surface area contributed by atoms with Crippen LogP contribution in [0.3, 0.4) is 0 Å². The molecular weight excluding hydrogens is 408 g/mol. The average molecular weight is 432 g/mol. The normalized spacial score (nSPS) is 8.52. The number of thiocarbonyl (C=S) groups is 1. The van der Waals surface area contributed by atoms with E-state index >= 15 is 0 Å². The largest absolute Gasteiger partial charge is 0.198 e. The van der Waals surface area contributed by atoms with Crippen molar-refractivity contribution in [3.63, 3.8) is 0 Å². The van der Waals surface area contributed by atoms with Gasteiger partial charge in [-0.1, -0.05) is 65.4 Å². The van der Waals surface area contributed by atoms with Gasteiger partial charge in [-0.2, -0.15) is 10.2 Å². The third kappa shape index (κ3) is 22.8. The molecule has 122 valence electrons. The van der Waals surface area contributed by atoms with Gasteiger partial charge in [0.1, 0.15) is 3.53 Å². The van der Waals surface area contributed by atoms with E-state index in [4.69, 9.17) is 12.2 Å². The van der Waals surface area contributed by atoms with Gasteiger partial charge in [0.05, 0.1) is 0 Å². The smallest absolute Gasteiger partial charge is 0.104 e. The van der Waals surface area contributed by atoms with Gasteiger partial charge in [0.15, 0.2) is 0 Å². The summed E-state index contributed by atoms with van der Waals surface area (Å²) in [7, 11) is 3.28. The van der Waals surface area contributed by atoms with Crippen molar-refractivity contribution in [1.82, 2.24) is 0 Å². The molecule has 0 unspecified atom stereocenters. The van der Waals surface area contributed by atoms with E-state index in [1.165, 1.54) is 11.9 Å². The molecule has 0 aliphatic heterocycles. The molecule has 0 saturated heterocycles. The summed E-state index contributed by atoms with van der Waals surface area (Å²) in [4.78, 5) is 0. The summed E-state index contributed by atoms with van der Waals surface area (Å²) in [5.41, 5.74) is 1.34. The Morgan fingerprint density at radius 1 is 1.10 bits per heavy atom. The second kappa shape index (κ2) is 25.3.